The number of Topliss-reactive ketones (excluding diaryl/α,β-unsaturated/α-hetero) is 1. The number of nitrogens with one attached hydrogen (secondary N) is 1. The van der Waals surface area contributed by atoms with E-state index in [1.54, 1.807) is 25.3 Å². The van der Waals surface area contributed by atoms with Crippen LogP contribution >= 0.6 is 12.4 Å². The third-order valence-electron chi connectivity index (χ3n) is 4.29. The van der Waals surface area contributed by atoms with Gasteiger partial charge in [0.1, 0.15) is 5.75 Å². The number of halogens is 1. The maximum absolute atomic E-state index is 12.8. The third kappa shape index (κ3) is 4.95. The highest BCUT2D eigenvalue weighted by Gasteiger charge is 2.26. The number of ketones is 1. The van der Waals surface area contributed by atoms with Crippen LogP contribution in [0.5, 0.6) is 5.75 Å². The predicted octanol–water partition coefficient (Wildman–Crippen LogP) is 2.46. The summed E-state index contributed by atoms with van der Waals surface area (Å²) >= 11 is 0. The van der Waals surface area contributed by atoms with Crippen LogP contribution in [0, 0.1) is 0 Å². The van der Waals surface area contributed by atoms with Crippen LogP contribution in [0.3, 0.4) is 0 Å². The van der Waals surface area contributed by atoms with Crippen molar-refractivity contribution in [2.24, 2.45) is 0 Å². The zero-order valence-electron chi connectivity index (χ0n) is 14.6. The molecule has 1 N–H and O–H groups in total. The van der Waals surface area contributed by atoms with Gasteiger partial charge in [0.15, 0.2) is 5.78 Å². The first-order valence-electron chi connectivity index (χ1n) is 8.24. The molecule has 2 rings (SSSR count). The van der Waals surface area contributed by atoms with Crippen molar-refractivity contribution in [2.75, 3.05) is 26.7 Å². The Morgan fingerprint density at radius 2 is 2.12 bits per heavy atom. The lowest BCUT2D eigenvalue weighted by molar-refractivity contribution is -0.132. The van der Waals surface area contributed by atoms with E-state index in [0.717, 1.165) is 38.0 Å². The Kier molecular flexibility index (Phi) is 8.22. The number of hydrogen-bond donors (Lipinski definition) is 1. The molecule has 24 heavy (non-hydrogen) atoms. The first kappa shape index (κ1) is 20.5. The number of nitrogens with zero attached hydrogens (tertiary/aromatic N) is 1. The molecule has 1 saturated heterocycles. The number of hydrogen-bond acceptors (Lipinski definition) is 4. The van der Waals surface area contributed by atoms with Gasteiger partial charge in [-0.3, -0.25) is 9.59 Å². The number of carbonyl (C=O) groups is 2. The number of ether oxygens (including phenoxy) is 1. The second-order valence-electron chi connectivity index (χ2n) is 5.99. The monoisotopic (exact) mass is 354 g/mol. The van der Waals surface area contributed by atoms with E-state index >= 15 is 0 Å². The summed E-state index contributed by atoms with van der Waals surface area (Å²) in [6.07, 6.45) is 2.20. The first-order valence-corrected chi connectivity index (χ1v) is 8.24. The van der Waals surface area contributed by atoms with E-state index in [1.165, 1.54) is 6.92 Å². The molecule has 1 atom stereocenters. The Labute approximate surface area is 150 Å². The molecule has 1 fully saturated rings. The lowest BCUT2D eigenvalue weighted by Crippen LogP contribution is -2.42. The van der Waals surface area contributed by atoms with Gasteiger partial charge in [-0.1, -0.05) is 6.92 Å². The topological polar surface area (TPSA) is 58.6 Å². The molecular formula is C18H27ClN2O3. The number of methoxy groups -OCH3 is 1. The van der Waals surface area contributed by atoms with Crippen molar-refractivity contribution < 1.29 is 14.3 Å². The summed E-state index contributed by atoms with van der Waals surface area (Å²) in [7, 11) is 1.58. The molecule has 0 aliphatic carbocycles. The molecule has 1 aliphatic rings. The molecule has 0 spiro atoms. The summed E-state index contributed by atoms with van der Waals surface area (Å²) in [5.74, 6) is 0.746. The number of rotatable bonds is 7. The van der Waals surface area contributed by atoms with Crippen LogP contribution < -0.4 is 10.1 Å². The molecule has 1 aromatic rings. The van der Waals surface area contributed by atoms with Crippen LogP contribution in [0.1, 0.15) is 42.6 Å². The van der Waals surface area contributed by atoms with Crippen molar-refractivity contribution in [3.05, 3.63) is 29.3 Å². The standard InChI is InChI=1S/C18H26N2O3.ClH/c1-4-9-20(16-7-8-19-12-16)18(22)11-15-10-14(13(2)21)5-6-17(15)23-3;/h5-6,10,16,19H,4,7-9,11-12H2,1-3H3;1H. The van der Waals surface area contributed by atoms with E-state index in [1.807, 2.05) is 4.90 Å². The maximum Gasteiger partial charge on any atom is 0.227 e. The Balaban J connectivity index is 0.00000288. The van der Waals surface area contributed by atoms with Gasteiger partial charge in [0.25, 0.3) is 0 Å². The quantitative estimate of drug-likeness (QED) is 0.764. The molecule has 0 radical (unpaired) electrons. The van der Waals surface area contributed by atoms with Crippen LogP contribution in [0.2, 0.25) is 0 Å². The number of carbonyl (C=O) groups excluding carboxylic acids is 2. The van der Waals surface area contributed by atoms with Crippen LogP contribution in [0.15, 0.2) is 18.2 Å². The zero-order valence-corrected chi connectivity index (χ0v) is 15.4. The largest absolute Gasteiger partial charge is 0.496 e. The summed E-state index contributed by atoms with van der Waals surface area (Å²) in [6.45, 7) is 6.19. The molecule has 0 aromatic heterocycles. The molecule has 134 valence electrons. The van der Waals surface area contributed by atoms with Crippen molar-refractivity contribution in [1.82, 2.24) is 10.2 Å². The van der Waals surface area contributed by atoms with Gasteiger partial charge >= 0.3 is 0 Å². The normalized spacial score (nSPS) is 16.4. The van der Waals surface area contributed by atoms with E-state index in [2.05, 4.69) is 12.2 Å². The van der Waals surface area contributed by atoms with Gasteiger partial charge in [0.05, 0.1) is 13.5 Å². The van der Waals surface area contributed by atoms with Crippen LogP contribution in [-0.2, 0) is 11.2 Å². The smallest absolute Gasteiger partial charge is 0.227 e. The zero-order chi connectivity index (χ0) is 16.8. The average molecular weight is 355 g/mol. The predicted molar refractivity (Wildman–Crippen MR) is 97.2 cm³/mol. The Hall–Kier alpha value is -1.59. The molecule has 1 amide bonds. The fraction of sp³-hybridized carbons (Fsp3) is 0.556. The third-order valence-corrected chi connectivity index (χ3v) is 4.29. The molecule has 1 heterocycles. The van der Waals surface area contributed by atoms with Crippen LogP contribution in [0.25, 0.3) is 0 Å². The molecule has 1 aliphatic heterocycles. The molecule has 1 unspecified atom stereocenters. The molecule has 0 bridgehead atoms. The van der Waals surface area contributed by atoms with Crippen molar-refractivity contribution in [3.8, 4) is 5.75 Å². The second-order valence-corrected chi connectivity index (χ2v) is 5.99. The van der Waals surface area contributed by atoms with Gasteiger partial charge in [0.2, 0.25) is 5.91 Å². The highest BCUT2D eigenvalue weighted by atomic mass is 35.5. The molecule has 6 heteroatoms. The van der Waals surface area contributed by atoms with Crippen LogP contribution in [0.4, 0.5) is 0 Å². The summed E-state index contributed by atoms with van der Waals surface area (Å²) in [5.41, 5.74) is 1.38. The lowest BCUT2D eigenvalue weighted by atomic mass is 10.0. The second kappa shape index (κ2) is 9.64. The Morgan fingerprint density at radius 1 is 1.38 bits per heavy atom. The average Bonchev–Trinajstić information content (AvgIpc) is 3.06. The van der Waals surface area contributed by atoms with E-state index in [-0.39, 0.29) is 36.6 Å². The molecule has 1 aromatic carbocycles. The van der Waals surface area contributed by atoms with Crippen molar-refractivity contribution in [3.63, 3.8) is 0 Å². The molecular weight excluding hydrogens is 328 g/mol. The summed E-state index contributed by atoms with van der Waals surface area (Å²) < 4.78 is 5.35. The lowest BCUT2D eigenvalue weighted by Gasteiger charge is -2.28. The van der Waals surface area contributed by atoms with Gasteiger partial charge < -0.3 is 15.0 Å². The minimum absolute atomic E-state index is 0. The van der Waals surface area contributed by atoms with Gasteiger partial charge in [-0.2, -0.15) is 0 Å². The van der Waals surface area contributed by atoms with Gasteiger partial charge in [-0.15, -0.1) is 12.4 Å². The molecule has 5 nitrogen and oxygen atoms in total. The summed E-state index contributed by atoms with van der Waals surface area (Å²) in [6, 6.07) is 5.54. The van der Waals surface area contributed by atoms with Crippen molar-refractivity contribution in [2.45, 2.75) is 39.2 Å². The van der Waals surface area contributed by atoms with E-state index in [9.17, 15) is 9.59 Å². The van der Waals surface area contributed by atoms with Gasteiger partial charge in [-0.05, 0) is 44.5 Å². The van der Waals surface area contributed by atoms with Crippen molar-refractivity contribution in [1.29, 1.82) is 0 Å². The fourth-order valence-electron chi connectivity index (χ4n) is 3.06. The van der Waals surface area contributed by atoms with E-state index in [4.69, 9.17) is 4.74 Å². The van der Waals surface area contributed by atoms with Crippen molar-refractivity contribution >= 4 is 24.1 Å². The first-order chi connectivity index (χ1) is 11.1. The number of benzene rings is 1. The maximum atomic E-state index is 12.8. The Morgan fingerprint density at radius 3 is 2.67 bits per heavy atom. The summed E-state index contributed by atoms with van der Waals surface area (Å²) in [5, 5.41) is 3.31. The Bertz CT molecular complexity index is 571. The fourth-order valence-corrected chi connectivity index (χ4v) is 3.06. The minimum atomic E-state index is -0.00763. The minimum Gasteiger partial charge on any atom is -0.496 e. The van der Waals surface area contributed by atoms with E-state index in [0.29, 0.717) is 11.3 Å². The van der Waals surface area contributed by atoms with E-state index < -0.39 is 0 Å². The van der Waals surface area contributed by atoms with Crippen LogP contribution in [-0.4, -0.2) is 49.4 Å². The molecule has 0 saturated carbocycles. The number of amides is 1. The summed E-state index contributed by atoms with van der Waals surface area (Å²) in [4.78, 5) is 26.4. The highest BCUT2D eigenvalue weighted by Crippen LogP contribution is 2.22. The SMILES string of the molecule is CCCN(C(=O)Cc1cc(C(C)=O)ccc1OC)C1CCNC1.Cl. The van der Waals surface area contributed by atoms with Gasteiger partial charge in [-0.25, -0.2) is 0 Å². The van der Waals surface area contributed by atoms with Gasteiger partial charge in [0, 0.05) is 30.3 Å². The highest BCUT2D eigenvalue weighted by molar-refractivity contribution is 5.94.